The first-order valence-electron chi connectivity index (χ1n) is 8.39. The van der Waals surface area contributed by atoms with Gasteiger partial charge in [0.15, 0.2) is 5.03 Å². The van der Waals surface area contributed by atoms with Gasteiger partial charge in [-0.3, -0.25) is 14.2 Å². The van der Waals surface area contributed by atoms with Crippen molar-refractivity contribution in [2.24, 2.45) is 0 Å². The number of hydrogen-bond acceptors (Lipinski definition) is 5. The Labute approximate surface area is 171 Å². The SMILES string of the molecule is COc1ccc(-n2ccnc(SCC(=O)Nc3cc(Cl)ccc3C)c2=O)cc1. The summed E-state index contributed by atoms with van der Waals surface area (Å²) in [5.74, 6) is 0.519. The van der Waals surface area contributed by atoms with E-state index < -0.39 is 0 Å². The molecule has 0 unspecified atom stereocenters. The highest BCUT2D eigenvalue weighted by molar-refractivity contribution is 7.99. The number of aryl methyl sites for hydroxylation is 1. The van der Waals surface area contributed by atoms with Crippen LogP contribution in [-0.4, -0.2) is 28.3 Å². The second-order valence-corrected chi connectivity index (χ2v) is 7.30. The average molecular weight is 416 g/mol. The summed E-state index contributed by atoms with van der Waals surface area (Å²) in [7, 11) is 1.58. The van der Waals surface area contributed by atoms with Crippen LogP contribution in [0, 0.1) is 6.92 Å². The van der Waals surface area contributed by atoms with Gasteiger partial charge in [-0.1, -0.05) is 29.4 Å². The Morgan fingerprint density at radius 3 is 2.71 bits per heavy atom. The summed E-state index contributed by atoms with van der Waals surface area (Å²) < 4.78 is 6.61. The van der Waals surface area contributed by atoms with Crippen molar-refractivity contribution in [3.05, 3.63) is 75.8 Å². The van der Waals surface area contributed by atoms with E-state index in [-0.39, 0.29) is 22.2 Å². The molecule has 1 aromatic heterocycles. The fourth-order valence-electron chi connectivity index (χ4n) is 2.49. The number of rotatable bonds is 6. The van der Waals surface area contributed by atoms with Crippen molar-refractivity contribution in [3.63, 3.8) is 0 Å². The zero-order chi connectivity index (χ0) is 20.1. The molecule has 0 saturated heterocycles. The van der Waals surface area contributed by atoms with Crippen LogP contribution in [0.15, 0.2) is 64.7 Å². The van der Waals surface area contributed by atoms with Gasteiger partial charge in [0, 0.05) is 28.8 Å². The summed E-state index contributed by atoms with van der Waals surface area (Å²) in [6.07, 6.45) is 3.12. The van der Waals surface area contributed by atoms with Crippen LogP contribution in [0.5, 0.6) is 5.75 Å². The maximum Gasteiger partial charge on any atom is 0.287 e. The average Bonchev–Trinajstić information content (AvgIpc) is 2.70. The summed E-state index contributed by atoms with van der Waals surface area (Å²) >= 11 is 7.06. The van der Waals surface area contributed by atoms with Crippen molar-refractivity contribution in [2.45, 2.75) is 11.9 Å². The largest absolute Gasteiger partial charge is 0.497 e. The lowest BCUT2D eigenvalue weighted by Gasteiger charge is -2.10. The predicted octanol–water partition coefficient (Wildman–Crippen LogP) is 3.93. The molecule has 0 fully saturated rings. The van der Waals surface area contributed by atoms with E-state index in [0.717, 1.165) is 17.3 Å². The van der Waals surface area contributed by atoms with Gasteiger partial charge >= 0.3 is 0 Å². The summed E-state index contributed by atoms with van der Waals surface area (Å²) in [5, 5.41) is 3.59. The smallest absolute Gasteiger partial charge is 0.287 e. The van der Waals surface area contributed by atoms with Crippen molar-refractivity contribution in [1.29, 1.82) is 0 Å². The minimum Gasteiger partial charge on any atom is -0.497 e. The van der Waals surface area contributed by atoms with Crippen LogP contribution < -0.4 is 15.6 Å². The first-order valence-corrected chi connectivity index (χ1v) is 9.75. The fraction of sp³-hybridized carbons (Fsp3) is 0.150. The molecule has 8 heteroatoms. The number of aromatic nitrogens is 2. The van der Waals surface area contributed by atoms with E-state index in [1.807, 2.05) is 13.0 Å². The van der Waals surface area contributed by atoms with Gasteiger partial charge in [-0.25, -0.2) is 4.98 Å². The van der Waals surface area contributed by atoms with Crippen molar-refractivity contribution >= 4 is 35.0 Å². The number of anilines is 1. The molecule has 1 N–H and O–H groups in total. The van der Waals surface area contributed by atoms with Crippen molar-refractivity contribution in [3.8, 4) is 11.4 Å². The molecule has 0 aliphatic carbocycles. The van der Waals surface area contributed by atoms with Crippen LogP contribution in [0.1, 0.15) is 5.56 Å². The lowest BCUT2D eigenvalue weighted by molar-refractivity contribution is -0.113. The number of carbonyl (C=O) groups excluding carboxylic acids is 1. The Balaban J connectivity index is 1.71. The van der Waals surface area contributed by atoms with Crippen LogP contribution >= 0.6 is 23.4 Å². The molecule has 144 valence electrons. The first kappa shape index (κ1) is 20.0. The predicted molar refractivity (Wildman–Crippen MR) is 112 cm³/mol. The van der Waals surface area contributed by atoms with Gasteiger partial charge in [0.25, 0.3) is 5.56 Å². The van der Waals surface area contributed by atoms with E-state index in [1.165, 1.54) is 10.8 Å². The van der Waals surface area contributed by atoms with E-state index in [9.17, 15) is 9.59 Å². The maximum atomic E-state index is 12.7. The molecule has 0 aliphatic rings. The molecule has 0 atom stereocenters. The minimum atomic E-state index is -0.288. The van der Waals surface area contributed by atoms with E-state index >= 15 is 0 Å². The second kappa shape index (κ2) is 8.95. The van der Waals surface area contributed by atoms with E-state index in [0.29, 0.717) is 22.1 Å². The Bertz CT molecular complexity index is 1050. The molecule has 0 spiro atoms. The van der Waals surface area contributed by atoms with Crippen LogP contribution in [0.4, 0.5) is 5.69 Å². The third kappa shape index (κ3) is 4.74. The number of benzene rings is 2. The third-order valence-corrected chi connectivity index (χ3v) is 5.17. The highest BCUT2D eigenvalue weighted by atomic mass is 35.5. The van der Waals surface area contributed by atoms with Crippen molar-refractivity contribution in [1.82, 2.24) is 9.55 Å². The normalized spacial score (nSPS) is 10.5. The molecule has 28 heavy (non-hydrogen) atoms. The van der Waals surface area contributed by atoms with Crippen molar-refractivity contribution in [2.75, 3.05) is 18.2 Å². The zero-order valence-electron chi connectivity index (χ0n) is 15.3. The molecule has 0 radical (unpaired) electrons. The summed E-state index contributed by atoms with van der Waals surface area (Å²) in [5.41, 5.74) is 1.95. The topological polar surface area (TPSA) is 73.2 Å². The van der Waals surface area contributed by atoms with E-state index in [1.54, 1.807) is 49.7 Å². The molecule has 3 aromatic rings. The molecule has 6 nitrogen and oxygen atoms in total. The first-order chi connectivity index (χ1) is 13.5. The van der Waals surface area contributed by atoms with Crippen molar-refractivity contribution < 1.29 is 9.53 Å². The number of ether oxygens (including phenoxy) is 1. The molecule has 1 amide bonds. The molecule has 0 bridgehead atoms. The fourth-order valence-corrected chi connectivity index (χ4v) is 3.36. The van der Waals surface area contributed by atoms with Gasteiger partial charge < -0.3 is 10.1 Å². The number of nitrogens with one attached hydrogen (secondary N) is 1. The number of carbonyl (C=O) groups is 1. The molecule has 0 aliphatic heterocycles. The maximum absolute atomic E-state index is 12.7. The van der Waals surface area contributed by atoms with E-state index in [4.69, 9.17) is 16.3 Å². The standard InChI is InChI=1S/C20H18ClN3O3S/c1-13-3-4-14(21)11-17(13)23-18(25)12-28-19-20(26)24(10-9-22-19)15-5-7-16(27-2)8-6-15/h3-11H,12H2,1-2H3,(H,23,25). The van der Waals surface area contributed by atoms with Crippen LogP contribution in [0.25, 0.3) is 5.69 Å². The van der Waals surface area contributed by atoms with Gasteiger partial charge in [-0.05, 0) is 48.9 Å². The molecule has 1 heterocycles. The number of methoxy groups -OCH3 is 1. The summed E-state index contributed by atoms with van der Waals surface area (Å²) in [6.45, 7) is 1.88. The zero-order valence-corrected chi connectivity index (χ0v) is 16.9. The van der Waals surface area contributed by atoms with Gasteiger partial charge in [0.1, 0.15) is 5.75 Å². The number of halogens is 1. The Morgan fingerprint density at radius 2 is 2.00 bits per heavy atom. The van der Waals surface area contributed by atoms with Crippen LogP contribution in [0.3, 0.4) is 0 Å². The minimum absolute atomic E-state index is 0.0564. The lowest BCUT2D eigenvalue weighted by atomic mass is 10.2. The van der Waals surface area contributed by atoms with E-state index in [2.05, 4.69) is 10.3 Å². The van der Waals surface area contributed by atoms with Gasteiger partial charge in [-0.2, -0.15) is 0 Å². The molecular formula is C20H18ClN3O3S. The Morgan fingerprint density at radius 1 is 1.25 bits per heavy atom. The molecule has 0 saturated carbocycles. The molecule has 3 rings (SSSR count). The highest BCUT2D eigenvalue weighted by Gasteiger charge is 2.11. The Hall–Kier alpha value is -2.77. The number of nitrogens with zero attached hydrogens (tertiary/aromatic N) is 2. The number of amides is 1. The molecule has 2 aromatic carbocycles. The number of hydrogen-bond donors (Lipinski definition) is 1. The second-order valence-electron chi connectivity index (χ2n) is 5.90. The van der Waals surface area contributed by atoms with Crippen LogP contribution in [-0.2, 0) is 4.79 Å². The third-order valence-electron chi connectivity index (χ3n) is 3.97. The quantitative estimate of drug-likeness (QED) is 0.617. The monoisotopic (exact) mass is 415 g/mol. The summed E-state index contributed by atoms with van der Waals surface area (Å²) in [4.78, 5) is 29.1. The van der Waals surface area contributed by atoms with Gasteiger partial charge in [0.2, 0.25) is 5.91 Å². The van der Waals surface area contributed by atoms with Gasteiger partial charge in [0.05, 0.1) is 12.9 Å². The highest BCUT2D eigenvalue weighted by Crippen LogP contribution is 2.21. The number of thioether (sulfide) groups is 1. The van der Waals surface area contributed by atoms with Crippen LogP contribution in [0.2, 0.25) is 5.02 Å². The summed E-state index contributed by atoms with van der Waals surface area (Å²) in [6, 6.07) is 12.4. The Kier molecular flexibility index (Phi) is 6.38. The van der Waals surface area contributed by atoms with Gasteiger partial charge in [-0.15, -0.1) is 0 Å². The molecular weight excluding hydrogens is 398 g/mol. The lowest BCUT2D eigenvalue weighted by Crippen LogP contribution is -2.22.